The number of ketones is 1. The van der Waals surface area contributed by atoms with Crippen molar-refractivity contribution in [2.75, 3.05) is 0 Å². The quantitative estimate of drug-likeness (QED) is 0.355. The van der Waals surface area contributed by atoms with Crippen LogP contribution in [0.2, 0.25) is 0 Å². The summed E-state index contributed by atoms with van der Waals surface area (Å²) >= 11 is 0. The third-order valence-corrected chi connectivity index (χ3v) is 6.48. The molecule has 5 nitrogen and oxygen atoms in total. The van der Waals surface area contributed by atoms with E-state index in [0.29, 0.717) is 11.1 Å². The molecule has 3 aromatic rings. The standard InChI is InChI=1S/C25H23FN2O3/c26-16-12-10-15(11-13-16)22-21(23(29)19-14-27-20-9-5-4-8-18(19)20)24(30)25(31)28(22)17-6-2-1-3-7-17/h4-5,8-14,17,22,27,29H,1-3,6-7H2/b23-21-. The molecule has 0 bridgehead atoms. The van der Waals surface area contributed by atoms with Gasteiger partial charge in [0.25, 0.3) is 11.7 Å². The van der Waals surface area contributed by atoms with E-state index in [2.05, 4.69) is 4.98 Å². The molecular formula is C25H23FN2O3. The second-order valence-electron chi connectivity index (χ2n) is 8.30. The average Bonchev–Trinajstić information content (AvgIpc) is 3.34. The molecule has 1 aliphatic carbocycles. The molecule has 158 valence electrons. The molecule has 1 aliphatic heterocycles. The number of carbonyl (C=O) groups is 2. The van der Waals surface area contributed by atoms with Crippen LogP contribution in [0.3, 0.4) is 0 Å². The number of hydrogen-bond acceptors (Lipinski definition) is 3. The number of Topliss-reactive ketones (excluding diaryl/α,β-unsaturated/α-hetero) is 1. The van der Waals surface area contributed by atoms with E-state index in [1.807, 2.05) is 24.3 Å². The van der Waals surface area contributed by atoms with E-state index in [1.165, 1.54) is 12.1 Å². The summed E-state index contributed by atoms with van der Waals surface area (Å²) < 4.78 is 13.6. The molecule has 1 atom stereocenters. The molecule has 1 amide bonds. The Bertz CT molecular complexity index is 1190. The number of aromatic amines is 1. The Hall–Kier alpha value is -3.41. The number of rotatable bonds is 3. The van der Waals surface area contributed by atoms with Crippen LogP contribution < -0.4 is 0 Å². The summed E-state index contributed by atoms with van der Waals surface area (Å²) in [5.74, 6) is -1.89. The summed E-state index contributed by atoms with van der Waals surface area (Å²) in [6.45, 7) is 0. The second-order valence-corrected chi connectivity index (χ2v) is 8.30. The normalized spacial score (nSPS) is 21.8. The van der Waals surface area contributed by atoms with E-state index in [9.17, 15) is 19.1 Å². The lowest BCUT2D eigenvalue weighted by Crippen LogP contribution is -2.40. The van der Waals surface area contributed by atoms with Gasteiger partial charge in [0.15, 0.2) is 0 Å². The monoisotopic (exact) mass is 418 g/mol. The van der Waals surface area contributed by atoms with Crippen molar-refractivity contribution in [1.82, 2.24) is 9.88 Å². The largest absolute Gasteiger partial charge is 0.507 e. The number of nitrogens with zero attached hydrogens (tertiary/aromatic N) is 1. The van der Waals surface area contributed by atoms with Gasteiger partial charge >= 0.3 is 0 Å². The zero-order valence-corrected chi connectivity index (χ0v) is 17.0. The fraction of sp³-hybridized carbons (Fsp3) is 0.280. The van der Waals surface area contributed by atoms with Crippen LogP contribution in [0, 0.1) is 5.82 Å². The van der Waals surface area contributed by atoms with Crippen LogP contribution in [0.1, 0.15) is 49.3 Å². The number of aliphatic hydroxyl groups is 1. The number of amides is 1. The highest BCUT2D eigenvalue weighted by Gasteiger charge is 2.49. The topological polar surface area (TPSA) is 73.4 Å². The lowest BCUT2D eigenvalue weighted by atomic mass is 9.91. The van der Waals surface area contributed by atoms with E-state index < -0.39 is 23.5 Å². The van der Waals surface area contributed by atoms with Crippen LogP contribution in [0.5, 0.6) is 0 Å². The van der Waals surface area contributed by atoms with E-state index in [4.69, 9.17) is 0 Å². The van der Waals surface area contributed by atoms with Gasteiger partial charge in [0.05, 0.1) is 11.6 Å². The fourth-order valence-electron chi connectivity index (χ4n) is 4.97. The molecular weight excluding hydrogens is 395 g/mol. The molecule has 2 aliphatic rings. The minimum atomic E-state index is -0.739. The number of aliphatic hydroxyl groups excluding tert-OH is 1. The zero-order chi connectivity index (χ0) is 21.5. The molecule has 31 heavy (non-hydrogen) atoms. The molecule has 0 spiro atoms. The molecule has 5 rings (SSSR count). The molecule has 2 heterocycles. The molecule has 2 fully saturated rings. The van der Waals surface area contributed by atoms with Gasteiger partial charge in [-0.1, -0.05) is 49.6 Å². The van der Waals surface area contributed by atoms with E-state index in [-0.39, 0.29) is 17.4 Å². The molecule has 2 aromatic carbocycles. The van der Waals surface area contributed by atoms with Gasteiger partial charge in [-0.15, -0.1) is 0 Å². The number of para-hydroxylation sites is 1. The summed E-state index contributed by atoms with van der Waals surface area (Å²) in [5.41, 5.74) is 1.98. The third-order valence-electron chi connectivity index (χ3n) is 6.48. The number of fused-ring (bicyclic) bond motifs is 1. The van der Waals surface area contributed by atoms with E-state index >= 15 is 0 Å². The second kappa shape index (κ2) is 7.69. The molecule has 1 aromatic heterocycles. The van der Waals surface area contributed by atoms with Gasteiger partial charge < -0.3 is 15.0 Å². The van der Waals surface area contributed by atoms with Gasteiger partial charge in [-0.2, -0.15) is 0 Å². The van der Waals surface area contributed by atoms with Crippen LogP contribution in [-0.4, -0.2) is 32.7 Å². The highest BCUT2D eigenvalue weighted by atomic mass is 19.1. The summed E-state index contributed by atoms with van der Waals surface area (Å²) in [6.07, 6.45) is 6.38. The Labute approximate surface area is 179 Å². The SMILES string of the molecule is O=C1C(=O)N(C2CCCCC2)C(c2ccc(F)cc2)/C1=C(/O)c1c[nH]c2ccccc12. The number of aromatic nitrogens is 1. The molecule has 6 heteroatoms. The Morgan fingerprint density at radius 3 is 2.45 bits per heavy atom. The van der Waals surface area contributed by atoms with Crippen molar-refractivity contribution in [2.24, 2.45) is 0 Å². The third kappa shape index (κ3) is 3.23. The first-order valence-electron chi connectivity index (χ1n) is 10.7. The maximum absolute atomic E-state index is 13.6. The lowest BCUT2D eigenvalue weighted by molar-refractivity contribution is -0.141. The Balaban J connectivity index is 1.70. The molecule has 1 saturated carbocycles. The van der Waals surface area contributed by atoms with Crippen LogP contribution >= 0.6 is 0 Å². The number of carbonyl (C=O) groups excluding carboxylic acids is 2. The predicted octanol–water partition coefficient (Wildman–Crippen LogP) is 5.06. The van der Waals surface area contributed by atoms with Gasteiger partial charge in [-0.05, 0) is 36.6 Å². The maximum Gasteiger partial charge on any atom is 0.295 e. The first-order valence-corrected chi connectivity index (χ1v) is 10.7. The maximum atomic E-state index is 13.6. The zero-order valence-electron chi connectivity index (χ0n) is 17.0. The van der Waals surface area contributed by atoms with Crippen LogP contribution in [0.25, 0.3) is 16.7 Å². The molecule has 1 saturated heterocycles. The molecule has 2 N–H and O–H groups in total. The van der Waals surface area contributed by atoms with Crippen LogP contribution in [-0.2, 0) is 9.59 Å². The highest BCUT2D eigenvalue weighted by molar-refractivity contribution is 6.46. The number of benzene rings is 2. The summed E-state index contributed by atoms with van der Waals surface area (Å²) in [5, 5.41) is 12.0. The lowest BCUT2D eigenvalue weighted by Gasteiger charge is -2.35. The average molecular weight is 418 g/mol. The van der Waals surface area contributed by atoms with Crippen molar-refractivity contribution in [3.05, 3.63) is 77.2 Å². The first kappa shape index (κ1) is 19.5. The minimum Gasteiger partial charge on any atom is -0.507 e. The van der Waals surface area contributed by atoms with Gasteiger partial charge in [0.2, 0.25) is 0 Å². The highest BCUT2D eigenvalue weighted by Crippen LogP contribution is 2.43. The van der Waals surface area contributed by atoms with Gasteiger partial charge in [-0.3, -0.25) is 9.59 Å². The number of halogens is 1. The minimum absolute atomic E-state index is 0.0620. The predicted molar refractivity (Wildman–Crippen MR) is 116 cm³/mol. The van der Waals surface area contributed by atoms with Gasteiger partial charge in [0, 0.05) is 28.7 Å². The molecule has 1 unspecified atom stereocenters. The van der Waals surface area contributed by atoms with Crippen LogP contribution in [0.15, 0.2) is 60.3 Å². The van der Waals surface area contributed by atoms with Crippen molar-refractivity contribution in [2.45, 2.75) is 44.2 Å². The van der Waals surface area contributed by atoms with Crippen molar-refractivity contribution in [3.8, 4) is 0 Å². The smallest absolute Gasteiger partial charge is 0.295 e. The number of likely N-dealkylation sites (tertiary alicyclic amines) is 1. The summed E-state index contributed by atoms with van der Waals surface area (Å²) in [7, 11) is 0. The van der Waals surface area contributed by atoms with Crippen molar-refractivity contribution in [1.29, 1.82) is 0 Å². The molecule has 0 radical (unpaired) electrons. The number of nitrogens with one attached hydrogen (secondary N) is 1. The Morgan fingerprint density at radius 1 is 1.00 bits per heavy atom. The summed E-state index contributed by atoms with van der Waals surface area (Å²) in [4.78, 5) is 31.1. The van der Waals surface area contributed by atoms with Crippen molar-refractivity contribution < 1.29 is 19.1 Å². The Kier molecular flexibility index (Phi) is 4.85. The number of H-pyrrole nitrogens is 1. The summed E-state index contributed by atoms with van der Waals surface area (Å²) in [6, 6.07) is 12.5. The number of hydrogen-bond donors (Lipinski definition) is 2. The first-order chi connectivity index (χ1) is 15.1. The van der Waals surface area contributed by atoms with Crippen molar-refractivity contribution >= 4 is 28.4 Å². The van der Waals surface area contributed by atoms with Gasteiger partial charge in [0.1, 0.15) is 11.6 Å². The Morgan fingerprint density at radius 2 is 1.71 bits per heavy atom. The van der Waals surface area contributed by atoms with Crippen LogP contribution in [0.4, 0.5) is 4.39 Å². The fourth-order valence-corrected chi connectivity index (χ4v) is 4.97. The van der Waals surface area contributed by atoms with E-state index in [0.717, 1.165) is 43.0 Å². The van der Waals surface area contributed by atoms with Gasteiger partial charge in [-0.25, -0.2) is 4.39 Å². The van der Waals surface area contributed by atoms with Crippen molar-refractivity contribution in [3.63, 3.8) is 0 Å². The van der Waals surface area contributed by atoms with E-state index in [1.54, 1.807) is 23.2 Å².